The number of piperazine rings is 1. The molecule has 0 saturated carbocycles. The van der Waals surface area contributed by atoms with Gasteiger partial charge in [-0.05, 0) is 37.3 Å². The van der Waals surface area contributed by atoms with Crippen LogP contribution in [0.4, 0.5) is 10.2 Å². The maximum Gasteiger partial charge on any atom is 0.201 e. The van der Waals surface area contributed by atoms with Crippen molar-refractivity contribution in [1.29, 1.82) is 0 Å². The molecule has 4 rings (SSSR count). The molecule has 1 aliphatic heterocycles. The number of nitrogens with zero attached hydrogens (tertiary/aromatic N) is 3. The molecule has 0 unspecified atom stereocenters. The maximum atomic E-state index is 14.3. The fraction of sp³-hybridized carbons (Fsp3) is 0.300. The Morgan fingerprint density at radius 1 is 1.26 bits per heavy atom. The van der Waals surface area contributed by atoms with Crippen molar-refractivity contribution in [3.05, 3.63) is 52.0 Å². The van der Waals surface area contributed by atoms with E-state index >= 15 is 0 Å². The normalized spacial score (nSPS) is 17.5. The van der Waals surface area contributed by atoms with Gasteiger partial charge in [-0.15, -0.1) is 0 Å². The standard InChI is InChI=1S/C20H20ClFN4S/c1-12-11-23-7-8-26(12)19-15-9-16(21)14(13-5-3-4-6-17(13)22)10-18(15)25(2)20(27)24-19/h3-6,9-10,12,23H,7-8,11H2,1-2H3/t12-/m0/s1. The minimum Gasteiger partial charge on any atom is -0.351 e. The third-order valence-corrected chi connectivity index (χ3v) is 5.79. The van der Waals surface area contributed by atoms with Crippen LogP contribution in [0.15, 0.2) is 36.4 Å². The van der Waals surface area contributed by atoms with Crippen LogP contribution in [0.25, 0.3) is 22.0 Å². The van der Waals surface area contributed by atoms with E-state index in [-0.39, 0.29) is 5.82 Å². The number of aromatic nitrogens is 2. The van der Waals surface area contributed by atoms with Gasteiger partial charge in [0.1, 0.15) is 11.6 Å². The number of nitrogens with one attached hydrogen (secondary N) is 1. The Hall–Kier alpha value is -2.02. The lowest BCUT2D eigenvalue weighted by Gasteiger charge is -2.35. The molecule has 1 saturated heterocycles. The van der Waals surface area contributed by atoms with Crippen LogP contribution in [-0.4, -0.2) is 35.2 Å². The fourth-order valence-corrected chi connectivity index (χ4v) is 4.06. The monoisotopic (exact) mass is 402 g/mol. The van der Waals surface area contributed by atoms with Crippen molar-refractivity contribution in [2.75, 3.05) is 24.5 Å². The molecule has 140 valence electrons. The summed E-state index contributed by atoms with van der Waals surface area (Å²) < 4.78 is 16.7. The summed E-state index contributed by atoms with van der Waals surface area (Å²) in [7, 11) is 1.88. The minimum absolute atomic E-state index is 0.293. The molecule has 7 heteroatoms. The second kappa shape index (κ2) is 7.19. The van der Waals surface area contributed by atoms with Crippen molar-refractivity contribution in [3.63, 3.8) is 0 Å². The fourth-order valence-electron chi connectivity index (χ4n) is 3.61. The minimum atomic E-state index is -0.301. The van der Waals surface area contributed by atoms with Crippen LogP contribution in [0.2, 0.25) is 5.02 Å². The van der Waals surface area contributed by atoms with Crippen molar-refractivity contribution < 1.29 is 4.39 Å². The number of rotatable bonds is 2. The quantitative estimate of drug-likeness (QED) is 0.637. The van der Waals surface area contributed by atoms with Gasteiger partial charge in [-0.3, -0.25) is 0 Å². The Labute approximate surface area is 167 Å². The van der Waals surface area contributed by atoms with Gasteiger partial charge in [0.05, 0.1) is 5.52 Å². The van der Waals surface area contributed by atoms with Gasteiger partial charge in [0, 0.05) is 54.3 Å². The van der Waals surface area contributed by atoms with Crippen LogP contribution in [0, 0.1) is 10.6 Å². The molecular formula is C20H20ClFN4S. The van der Waals surface area contributed by atoms with Crippen molar-refractivity contribution >= 4 is 40.5 Å². The van der Waals surface area contributed by atoms with Crippen molar-refractivity contribution in [1.82, 2.24) is 14.9 Å². The van der Waals surface area contributed by atoms with Gasteiger partial charge in [0.15, 0.2) is 0 Å². The Bertz CT molecular complexity index is 1080. The number of hydrogen-bond acceptors (Lipinski definition) is 4. The highest BCUT2D eigenvalue weighted by Crippen LogP contribution is 2.36. The number of anilines is 1. The summed E-state index contributed by atoms with van der Waals surface area (Å²) in [6.45, 7) is 4.78. The molecule has 1 N–H and O–H groups in total. The van der Waals surface area contributed by atoms with E-state index in [0.29, 0.717) is 27.0 Å². The average Bonchev–Trinajstić information content (AvgIpc) is 2.66. The molecule has 2 aromatic carbocycles. The molecule has 1 atom stereocenters. The topological polar surface area (TPSA) is 33.1 Å². The summed E-state index contributed by atoms with van der Waals surface area (Å²) in [5.41, 5.74) is 2.01. The lowest BCUT2D eigenvalue weighted by Crippen LogP contribution is -2.50. The van der Waals surface area contributed by atoms with Gasteiger partial charge in [-0.1, -0.05) is 29.8 Å². The molecule has 0 radical (unpaired) electrons. The summed E-state index contributed by atoms with van der Waals surface area (Å²) in [5.74, 6) is 0.536. The molecule has 0 bridgehead atoms. The first kappa shape index (κ1) is 18.3. The molecule has 0 spiro atoms. The van der Waals surface area contributed by atoms with E-state index in [1.165, 1.54) is 6.07 Å². The lowest BCUT2D eigenvalue weighted by molar-refractivity contribution is 0.497. The number of benzene rings is 2. The summed E-state index contributed by atoms with van der Waals surface area (Å²) in [4.78, 5) is 6.94. The van der Waals surface area contributed by atoms with Crippen molar-refractivity contribution in [2.45, 2.75) is 13.0 Å². The zero-order chi connectivity index (χ0) is 19.1. The highest BCUT2D eigenvalue weighted by atomic mass is 35.5. The van der Waals surface area contributed by atoms with Crippen molar-refractivity contribution in [3.8, 4) is 11.1 Å². The van der Waals surface area contributed by atoms with Crippen LogP contribution >= 0.6 is 23.8 Å². The molecule has 3 aromatic rings. The van der Waals surface area contributed by atoms with Crippen LogP contribution in [0.5, 0.6) is 0 Å². The van der Waals surface area contributed by atoms with E-state index in [0.717, 1.165) is 36.4 Å². The van der Waals surface area contributed by atoms with Crippen LogP contribution < -0.4 is 10.2 Å². The van der Waals surface area contributed by atoms with Gasteiger partial charge in [-0.2, -0.15) is 0 Å². The van der Waals surface area contributed by atoms with Gasteiger partial charge in [0.2, 0.25) is 4.77 Å². The number of aryl methyl sites for hydroxylation is 1. The SMILES string of the molecule is C[C@H]1CNCCN1c1nc(=S)n(C)c2cc(-c3ccccc3F)c(Cl)cc12. The third kappa shape index (κ3) is 3.22. The molecule has 0 aliphatic carbocycles. The predicted molar refractivity (Wildman–Crippen MR) is 112 cm³/mol. The Kier molecular flexibility index (Phi) is 4.88. The highest BCUT2D eigenvalue weighted by molar-refractivity contribution is 7.71. The first-order chi connectivity index (χ1) is 13.0. The zero-order valence-electron chi connectivity index (χ0n) is 15.2. The Balaban J connectivity index is 1.98. The Morgan fingerprint density at radius 3 is 2.78 bits per heavy atom. The van der Waals surface area contributed by atoms with E-state index < -0.39 is 0 Å². The second-order valence-corrected chi connectivity index (χ2v) is 7.62. The molecule has 1 aromatic heterocycles. The summed E-state index contributed by atoms with van der Waals surface area (Å²) >= 11 is 12.1. The van der Waals surface area contributed by atoms with Crippen LogP contribution in [-0.2, 0) is 7.05 Å². The molecular weight excluding hydrogens is 383 g/mol. The Morgan fingerprint density at radius 2 is 2.04 bits per heavy atom. The molecule has 1 aliphatic rings. The molecule has 1 fully saturated rings. The number of hydrogen-bond donors (Lipinski definition) is 1. The molecule has 27 heavy (non-hydrogen) atoms. The van der Waals surface area contributed by atoms with E-state index in [9.17, 15) is 4.39 Å². The lowest BCUT2D eigenvalue weighted by atomic mass is 10.0. The summed E-state index contributed by atoms with van der Waals surface area (Å²) in [5, 5.41) is 4.81. The molecule has 4 nitrogen and oxygen atoms in total. The van der Waals surface area contributed by atoms with Gasteiger partial charge in [-0.25, -0.2) is 9.37 Å². The van der Waals surface area contributed by atoms with Gasteiger partial charge in [0.25, 0.3) is 0 Å². The van der Waals surface area contributed by atoms with Gasteiger partial charge >= 0.3 is 0 Å². The first-order valence-electron chi connectivity index (χ1n) is 8.90. The second-order valence-electron chi connectivity index (χ2n) is 6.85. The van der Waals surface area contributed by atoms with E-state index in [1.54, 1.807) is 18.2 Å². The maximum absolute atomic E-state index is 14.3. The van der Waals surface area contributed by atoms with Gasteiger partial charge < -0.3 is 14.8 Å². The predicted octanol–water partition coefficient (Wildman–Crippen LogP) is 4.56. The highest BCUT2D eigenvalue weighted by Gasteiger charge is 2.23. The average molecular weight is 403 g/mol. The smallest absolute Gasteiger partial charge is 0.201 e. The van der Waals surface area contributed by atoms with Crippen molar-refractivity contribution in [2.24, 2.45) is 7.05 Å². The number of halogens is 2. The third-order valence-electron chi connectivity index (χ3n) is 5.11. The summed E-state index contributed by atoms with van der Waals surface area (Å²) in [6, 6.07) is 10.7. The summed E-state index contributed by atoms with van der Waals surface area (Å²) in [6.07, 6.45) is 0. The van der Waals surface area contributed by atoms with Crippen LogP contribution in [0.1, 0.15) is 6.92 Å². The largest absolute Gasteiger partial charge is 0.351 e. The van der Waals surface area contributed by atoms with Crippen LogP contribution in [0.3, 0.4) is 0 Å². The first-order valence-corrected chi connectivity index (χ1v) is 9.68. The number of fused-ring (bicyclic) bond motifs is 1. The van der Waals surface area contributed by atoms with E-state index in [2.05, 4.69) is 22.1 Å². The van der Waals surface area contributed by atoms with E-state index in [4.69, 9.17) is 23.8 Å². The zero-order valence-corrected chi connectivity index (χ0v) is 16.7. The molecule has 2 heterocycles. The van der Waals surface area contributed by atoms with E-state index in [1.807, 2.05) is 23.7 Å². The molecule has 0 amide bonds.